The number of hydrogen-bond donors (Lipinski definition) is 1. The lowest BCUT2D eigenvalue weighted by atomic mass is 10.1. The Balaban J connectivity index is 2.52. The fourth-order valence-electron chi connectivity index (χ4n) is 1.83. The molecule has 1 aromatic carbocycles. The van der Waals surface area contributed by atoms with E-state index in [-0.39, 0.29) is 6.42 Å². The lowest BCUT2D eigenvalue weighted by Crippen LogP contribution is -2.03. The van der Waals surface area contributed by atoms with Gasteiger partial charge in [0.25, 0.3) is 0 Å². The van der Waals surface area contributed by atoms with Crippen LogP contribution >= 0.6 is 0 Å². The average Bonchev–Trinajstić information content (AvgIpc) is 2.31. The number of unbranched alkanes of at least 4 members (excludes halogenated alkanes) is 1. The van der Waals surface area contributed by atoms with Gasteiger partial charge in [-0.2, -0.15) is 0 Å². The van der Waals surface area contributed by atoms with Gasteiger partial charge in [0.1, 0.15) is 12.0 Å². The van der Waals surface area contributed by atoms with Gasteiger partial charge in [0.15, 0.2) is 0 Å². The minimum Gasteiger partial charge on any atom is -0.493 e. The molecule has 1 N–H and O–H groups in total. The number of aliphatic carboxylic acids is 1. The highest BCUT2D eigenvalue weighted by Gasteiger charge is 2.06. The van der Waals surface area contributed by atoms with Gasteiger partial charge >= 0.3 is 5.97 Å². The Bertz CT molecular complexity index is 414. The molecule has 0 aliphatic rings. The summed E-state index contributed by atoms with van der Waals surface area (Å²) in [4.78, 5) is 21.0. The number of aldehydes is 1. The zero-order chi connectivity index (χ0) is 13.5. The number of ether oxygens (including phenoxy) is 1. The van der Waals surface area contributed by atoms with Gasteiger partial charge in [-0.05, 0) is 49.9 Å². The summed E-state index contributed by atoms with van der Waals surface area (Å²) in [6, 6.07) is 3.57. The molecule has 1 rings (SSSR count). The van der Waals surface area contributed by atoms with Gasteiger partial charge in [-0.3, -0.25) is 9.59 Å². The molecule has 0 aliphatic carbocycles. The highest BCUT2D eigenvalue weighted by molar-refractivity contribution is 5.76. The second-order valence-corrected chi connectivity index (χ2v) is 4.30. The summed E-state index contributed by atoms with van der Waals surface area (Å²) in [5.41, 5.74) is 2.49. The van der Waals surface area contributed by atoms with Crippen molar-refractivity contribution in [3.8, 4) is 5.75 Å². The number of carbonyl (C=O) groups excluding carboxylic acids is 1. The molecule has 4 nitrogen and oxygen atoms in total. The predicted molar refractivity (Wildman–Crippen MR) is 68.3 cm³/mol. The molecule has 0 aromatic heterocycles. The molecule has 0 amide bonds. The van der Waals surface area contributed by atoms with Crippen LogP contribution in [0.3, 0.4) is 0 Å². The predicted octanol–water partition coefficient (Wildman–Crippen LogP) is 2.75. The molecule has 0 fully saturated rings. The van der Waals surface area contributed by atoms with Gasteiger partial charge in [0.2, 0.25) is 0 Å². The molecule has 4 heteroatoms. The van der Waals surface area contributed by atoms with E-state index in [1.165, 1.54) is 0 Å². The van der Waals surface area contributed by atoms with E-state index in [2.05, 4.69) is 0 Å². The van der Waals surface area contributed by atoms with Crippen LogP contribution in [0.25, 0.3) is 0 Å². The van der Waals surface area contributed by atoms with Gasteiger partial charge in [0, 0.05) is 12.0 Å². The Kier molecular flexibility index (Phi) is 5.36. The molecule has 0 saturated carbocycles. The van der Waals surface area contributed by atoms with E-state index in [0.717, 1.165) is 23.2 Å². The quantitative estimate of drug-likeness (QED) is 0.597. The largest absolute Gasteiger partial charge is 0.493 e. The highest BCUT2D eigenvalue weighted by atomic mass is 16.5. The molecule has 0 heterocycles. The maximum Gasteiger partial charge on any atom is 0.303 e. The van der Waals surface area contributed by atoms with Crippen LogP contribution in [-0.4, -0.2) is 24.0 Å². The molecule has 0 bridgehead atoms. The number of aryl methyl sites for hydroxylation is 2. The van der Waals surface area contributed by atoms with Crippen LogP contribution < -0.4 is 4.74 Å². The Morgan fingerprint density at radius 3 is 2.39 bits per heavy atom. The summed E-state index contributed by atoms with van der Waals surface area (Å²) in [5.74, 6) is 0.00798. The van der Waals surface area contributed by atoms with Gasteiger partial charge in [0.05, 0.1) is 6.61 Å². The number of carbonyl (C=O) groups is 2. The van der Waals surface area contributed by atoms with E-state index in [9.17, 15) is 9.59 Å². The fraction of sp³-hybridized carbons (Fsp3) is 0.429. The zero-order valence-corrected chi connectivity index (χ0v) is 10.7. The number of hydrogen-bond acceptors (Lipinski definition) is 3. The normalized spacial score (nSPS) is 10.1. The Hall–Kier alpha value is -1.84. The van der Waals surface area contributed by atoms with Crippen molar-refractivity contribution in [3.05, 3.63) is 28.8 Å². The minimum atomic E-state index is -0.780. The lowest BCUT2D eigenvalue weighted by Gasteiger charge is -2.12. The first-order valence-corrected chi connectivity index (χ1v) is 5.95. The van der Waals surface area contributed by atoms with Gasteiger partial charge in [-0.1, -0.05) is 0 Å². The molecular formula is C14H18O4. The molecule has 1 aromatic rings. The fourth-order valence-corrected chi connectivity index (χ4v) is 1.83. The van der Waals surface area contributed by atoms with E-state index < -0.39 is 5.97 Å². The second kappa shape index (κ2) is 6.79. The van der Waals surface area contributed by atoms with Crippen LogP contribution in [-0.2, 0) is 4.79 Å². The van der Waals surface area contributed by atoms with E-state index in [4.69, 9.17) is 9.84 Å². The van der Waals surface area contributed by atoms with Gasteiger partial charge in [-0.15, -0.1) is 0 Å². The number of benzene rings is 1. The number of carboxylic acids is 1. The molecule has 0 spiro atoms. The summed E-state index contributed by atoms with van der Waals surface area (Å²) in [6.45, 7) is 4.29. The monoisotopic (exact) mass is 250 g/mol. The van der Waals surface area contributed by atoms with Crippen molar-refractivity contribution in [2.24, 2.45) is 0 Å². The average molecular weight is 250 g/mol. The Morgan fingerprint density at radius 1 is 1.28 bits per heavy atom. The minimum absolute atomic E-state index is 0.172. The van der Waals surface area contributed by atoms with E-state index >= 15 is 0 Å². The summed E-state index contributed by atoms with van der Waals surface area (Å²) in [6.07, 6.45) is 2.31. The Morgan fingerprint density at radius 2 is 1.89 bits per heavy atom. The zero-order valence-electron chi connectivity index (χ0n) is 10.7. The van der Waals surface area contributed by atoms with Crippen LogP contribution in [0.2, 0.25) is 0 Å². The van der Waals surface area contributed by atoms with Crippen LogP contribution in [0.4, 0.5) is 0 Å². The van der Waals surface area contributed by atoms with Crippen molar-refractivity contribution >= 4 is 12.3 Å². The second-order valence-electron chi connectivity index (χ2n) is 4.30. The summed E-state index contributed by atoms with van der Waals surface area (Å²) >= 11 is 0. The maximum atomic E-state index is 10.7. The molecule has 0 unspecified atom stereocenters. The van der Waals surface area contributed by atoms with Gasteiger partial charge in [-0.25, -0.2) is 0 Å². The smallest absolute Gasteiger partial charge is 0.303 e. The molecule has 98 valence electrons. The van der Waals surface area contributed by atoms with Crippen molar-refractivity contribution in [1.29, 1.82) is 0 Å². The molecule has 0 radical (unpaired) electrons. The maximum absolute atomic E-state index is 10.7. The van der Waals surface area contributed by atoms with E-state index in [1.807, 2.05) is 13.8 Å². The molecule has 18 heavy (non-hydrogen) atoms. The van der Waals surface area contributed by atoms with Crippen molar-refractivity contribution < 1.29 is 19.4 Å². The highest BCUT2D eigenvalue weighted by Crippen LogP contribution is 2.24. The third kappa shape index (κ3) is 4.20. The van der Waals surface area contributed by atoms with E-state index in [1.54, 1.807) is 12.1 Å². The van der Waals surface area contributed by atoms with E-state index in [0.29, 0.717) is 25.0 Å². The molecule has 0 atom stereocenters. The summed E-state index contributed by atoms with van der Waals surface area (Å²) < 4.78 is 5.64. The van der Waals surface area contributed by atoms with Crippen LogP contribution in [0.1, 0.15) is 40.7 Å². The third-order valence-electron chi connectivity index (χ3n) is 2.65. The molecular weight excluding hydrogens is 232 g/mol. The van der Waals surface area contributed by atoms with Crippen molar-refractivity contribution in [1.82, 2.24) is 0 Å². The Labute approximate surface area is 107 Å². The van der Waals surface area contributed by atoms with Crippen LogP contribution in [0.5, 0.6) is 5.75 Å². The number of carboxylic acid groups (broad SMARTS) is 1. The topological polar surface area (TPSA) is 63.6 Å². The third-order valence-corrected chi connectivity index (χ3v) is 2.65. The van der Waals surface area contributed by atoms with Gasteiger partial charge < -0.3 is 9.84 Å². The van der Waals surface area contributed by atoms with Crippen LogP contribution in [0.15, 0.2) is 12.1 Å². The number of rotatable bonds is 7. The SMILES string of the molecule is Cc1cc(C=O)cc(C)c1OCCCCC(=O)O. The lowest BCUT2D eigenvalue weighted by molar-refractivity contribution is -0.137. The molecule has 0 aliphatic heterocycles. The standard InChI is InChI=1S/C14H18O4/c1-10-7-12(9-15)8-11(2)14(10)18-6-4-3-5-13(16)17/h7-9H,3-6H2,1-2H3,(H,16,17). The molecule has 0 saturated heterocycles. The summed E-state index contributed by atoms with van der Waals surface area (Å²) in [7, 11) is 0. The van der Waals surface area contributed by atoms with Crippen molar-refractivity contribution in [3.63, 3.8) is 0 Å². The van der Waals surface area contributed by atoms with Crippen LogP contribution in [0, 0.1) is 13.8 Å². The van der Waals surface area contributed by atoms with Crippen molar-refractivity contribution in [2.75, 3.05) is 6.61 Å². The first-order chi connectivity index (χ1) is 8.54. The first-order valence-electron chi connectivity index (χ1n) is 5.95. The summed E-state index contributed by atoms with van der Waals surface area (Å²) in [5, 5.41) is 8.50. The van der Waals surface area contributed by atoms with Crippen molar-refractivity contribution in [2.45, 2.75) is 33.1 Å². The first kappa shape index (κ1) is 14.2.